The van der Waals surface area contributed by atoms with Crippen LogP contribution in [0.25, 0.3) is 44.8 Å². The molecule has 2 heterocycles. The van der Waals surface area contributed by atoms with Crippen LogP contribution >= 0.6 is 0 Å². The second-order valence-electron chi connectivity index (χ2n) is 8.75. The van der Waals surface area contributed by atoms with E-state index in [-0.39, 0.29) is 0 Å². The van der Waals surface area contributed by atoms with Gasteiger partial charge in [0.1, 0.15) is 11.0 Å². The Morgan fingerprint density at radius 3 is 1.57 bits per heavy atom. The highest BCUT2D eigenvalue weighted by molar-refractivity contribution is 5.81. The lowest BCUT2D eigenvalue weighted by Gasteiger charge is -2.21. The Kier molecular flexibility index (Phi) is 5.03. The van der Waals surface area contributed by atoms with Crippen molar-refractivity contribution in [2.24, 2.45) is 0 Å². The largest absolute Gasteiger partial charge is 0.436 e. The predicted octanol–water partition coefficient (Wildman–Crippen LogP) is 8.77. The van der Waals surface area contributed by atoms with Gasteiger partial charge in [0.2, 0.25) is 5.89 Å². The maximum absolute atomic E-state index is 6.19. The van der Waals surface area contributed by atoms with Gasteiger partial charge in [-0.15, -0.1) is 0 Å². The van der Waals surface area contributed by atoms with Crippen molar-refractivity contribution in [2.45, 2.75) is 0 Å². The Labute approximate surface area is 213 Å². The van der Waals surface area contributed by atoms with Crippen LogP contribution in [0.1, 0.15) is 0 Å². The summed E-state index contributed by atoms with van der Waals surface area (Å²) >= 11 is 0. The molecule has 0 fully saturated rings. The molecule has 0 N–H and O–H groups in total. The van der Waals surface area contributed by atoms with Crippen LogP contribution in [0.3, 0.4) is 0 Å². The molecule has 0 saturated heterocycles. The van der Waals surface area contributed by atoms with Crippen molar-refractivity contribution in [3.05, 3.63) is 127 Å². The molecule has 0 aliphatic heterocycles. The van der Waals surface area contributed by atoms with Crippen molar-refractivity contribution >= 4 is 39.6 Å². The van der Waals surface area contributed by atoms with E-state index in [1.807, 2.05) is 95.9 Å². The van der Waals surface area contributed by atoms with Gasteiger partial charge in [-0.1, -0.05) is 66.7 Å². The van der Waals surface area contributed by atoms with E-state index in [0.717, 1.165) is 44.7 Å². The van der Waals surface area contributed by atoms with E-state index < -0.39 is 0 Å². The van der Waals surface area contributed by atoms with Gasteiger partial charge < -0.3 is 8.83 Å². The van der Waals surface area contributed by atoms with Gasteiger partial charge in [-0.3, -0.25) is 4.90 Å². The predicted molar refractivity (Wildman–Crippen MR) is 147 cm³/mol. The molecule has 0 spiro atoms. The average molecular weight is 480 g/mol. The lowest BCUT2D eigenvalue weighted by atomic mass is 10.1. The maximum atomic E-state index is 6.19. The zero-order valence-corrected chi connectivity index (χ0v) is 19.8. The summed E-state index contributed by atoms with van der Waals surface area (Å²) in [7, 11) is 0. The topological polar surface area (TPSA) is 55.3 Å². The summed E-state index contributed by atoms with van der Waals surface area (Å²) in [4.78, 5) is 11.4. The molecular formula is C32H21N3O2. The molecule has 5 aromatic carbocycles. The minimum atomic E-state index is 0.503. The third kappa shape index (κ3) is 3.93. The van der Waals surface area contributed by atoms with Crippen LogP contribution in [-0.2, 0) is 0 Å². The first-order valence-corrected chi connectivity index (χ1v) is 12.1. The van der Waals surface area contributed by atoms with E-state index in [1.165, 1.54) is 5.56 Å². The van der Waals surface area contributed by atoms with E-state index in [2.05, 4.69) is 41.4 Å². The van der Waals surface area contributed by atoms with Crippen LogP contribution in [0.4, 0.5) is 17.4 Å². The lowest BCUT2D eigenvalue weighted by molar-refractivity contribution is 0.608. The summed E-state index contributed by atoms with van der Waals surface area (Å²) in [5.74, 6) is 0.591. The molecule has 5 nitrogen and oxygen atoms in total. The summed E-state index contributed by atoms with van der Waals surface area (Å²) in [5.41, 5.74) is 8.24. The average Bonchev–Trinajstić information content (AvgIpc) is 3.59. The number of para-hydroxylation sites is 4. The molecule has 0 aliphatic rings. The number of benzene rings is 5. The quantitative estimate of drug-likeness (QED) is 0.247. The third-order valence-electron chi connectivity index (χ3n) is 6.37. The third-order valence-corrected chi connectivity index (χ3v) is 6.37. The van der Waals surface area contributed by atoms with Gasteiger partial charge in [0, 0.05) is 5.56 Å². The number of aromatic nitrogens is 2. The van der Waals surface area contributed by atoms with Gasteiger partial charge in [-0.2, -0.15) is 4.98 Å². The van der Waals surface area contributed by atoms with Gasteiger partial charge in [0.15, 0.2) is 11.2 Å². The fourth-order valence-electron chi connectivity index (χ4n) is 4.51. The Bertz CT molecular complexity index is 1750. The van der Waals surface area contributed by atoms with Crippen molar-refractivity contribution < 1.29 is 8.83 Å². The van der Waals surface area contributed by atoms with Gasteiger partial charge in [0.05, 0.1) is 11.4 Å². The Balaban J connectivity index is 1.30. The number of fused-ring (bicyclic) bond motifs is 2. The minimum absolute atomic E-state index is 0.503. The molecule has 176 valence electrons. The molecule has 0 amide bonds. The number of oxazole rings is 2. The summed E-state index contributed by atoms with van der Waals surface area (Å²) in [6.45, 7) is 0. The van der Waals surface area contributed by atoms with Crippen LogP contribution in [0.15, 0.2) is 136 Å². The zero-order valence-electron chi connectivity index (χ0n) is 19.8. The molecule has 5 heteroatoms. The molecule has 0 bridgehead atoms. The molecule has 0 unspecified atom stereocenters. The van der Waals surface area contributed by atoms with Crippen LogP contribution in [0.2, 0.25) is 0 Å². The van der Waals surface area contributed by atoms with Gasteiger partial charge in [-0.25, -0.2) is 4.98 Å². The van der Waals surface area contributed by atoms with Gasteiger partial charge in [-0.05, 0) is 71.8 Å². The molecule has 0 radical (unpaired) electrons. The lowest BCUT2D eigenvalue weighted by Crippen LogP contribution is -2.10. The van der Waals surface area contributed by atoms with Crippen molar-refractivity contribution in [2.75, 3.05) is 4.90 Å². The molecule has 37 heavy (non-hydrogen) atoms. The zero-order chi connectivity index (χ0) is 24.6. The van der Waals surface area contributed by atoms with Crippen molar-refractivity contribution in [3.63, 3.8) is 0 Å². The van der Waals surface area contributed by atoms with E-state index >= 15 is 0 Å². The Morgan fingerprint density at radius 1 is 0.432 bits per heavy atom. The first kappa shape index (κ1) is 21.1. The number of hydrogen-bond donors (Lipinski definition) is 0. The Hall–Kier alpha value is -5.16. The number of rotatable bonds is 5. The van der Waals surface area contributed by atoms with Crippen molar-refractivity contribution in [1.29, 1.82) is 0 Å². The Morgan fingerprint density at radius 2 is 0.946 bits per heavy atom. The van der Waals surface area contributed by atoms with E-state index in [4.69, 9.17) is 13.8 Å². The summed E-state index contributed by atoms with van der Waals surface area (Å²) < 4.78 is 12.2. The standard InChI is InChI=1S/C32H21N3O2/c1-2-8-22(9-3-1)23-14-18-25(19-15-23)35(32-34-28-11-5-7-13-30(28)37-32)26-20-16-24(17-21-26)31-33-27-10-4-6-12-29(27)36-31/h1-21H. The van der Waals surface area contributed by atoms with E-state index in [9.17, 15) is 0 Å². The fourth-order valence-corrected chi connectivity index (χ4v) is 4.51. The highest BCUT2D eigenvalue weighted by atomic mass is 16.4. The number of anilines is 3. The molecule has 0 aliphatic carbocycles. The summed E-state index contributed by atoms with van der Waals surface area (Å²) in [6.07, 6.45) is 0. The summed E-state index contributed by atoms with van der Waals surface area (Å²) in [5, 5.41) is 0. The molecule has 7 rings (SSSR count). The van der Waals surface area contributed by atoms with Gasteiger partial charge in [0.25, 0.3) is 0 Å². The maximum Gasteiger partial charge on any atom is 0.307 e. The molecule has 7 aromatic rings. The molecular weight excluding hydrogens is 458 g/mol. The van der Waals surface area contributed by atoms with Crippen molar-refractivity contribution in [3.8, 4) is 22.6 Å². The fraction of sp³-hybridized carbons (Fsp3) is 0. The van der Waals surface area contributed by atoms with Crippen molar-refractivity contribution in [1.82, 2.24) is 9.97 Å². The monoisotopic (exact) mass is 479 g/mol. The highest BCUT2D eigenvalue weighted by Gasteiger charge is 2.19. The first-order valence-electron chi connectivity index (χ1n) is 12.1. The smallest absolute Gasteiger partial charge is 0.307 e. The second kappa shape index (κ2) is 8.81. The second-order valence-corrected chi connectivity index (χ2v) is 8.75. The van der Waals surface area contributed by atoms with Crippen LogP contribution in [-0.4, -0.2) is 9.97 Å². The highest BCUT2D eigenvalue weighted by Crippen LogP contribution is 2.37. The summed E-state index contributed by atoms with van der Waals surface area (Å²) in [6, 6.07) is 42.9. The number of nitrogens with zero attached hydrogens (tertiary/aromatic N) is 3. The molecule has 2 aromatic heterocycles. The molecule has 0 atom stereocenters. The SMILES string of the molecule is c1ccc(-c2ccc(N(c3ccc(-c4nc5ccccc5o4)cc3)c3nc4ccccc4o3)cc2)cc1. The minimum Gasteiger partial charge on any atom is -0.436 e. The molecule has 0 saturated carbocycles. The van der Waals surface area contributed by atoms with Gasteiger partial charge >= 0.3 is 6.01 Å². The van der Waals surface area contributed by atoms with E-state index in [1.54, 1.807) is 0 Å². The van der Waals surface area contributed by atoms with Crippen LogP contribution in [0.5, 0.6) is 0 Å². The van der Waals surface area contributed by atoms with Crippen LogP contribution in [0, 0.1) is 0 Å². The number of hydrogen-bond acceptors (Lipinski definition) is 5. The van der Waals surface area contributed by atoms with Crippen LogP contribution < -0.4 is 4.90 Å². The normalized spacial score (nSPS) is 11.2. The van der Waals surface area contributed by atoms with E-state index in [0.29, 0.717) is 11.9 Å². The first-order chi connectivity index (χ1) is 18.3.